The molecular formula is C17H22FN3O. The topological polar surface area (TPSA) is 30.3 Å². The molecule has 2 heterocycles. The Bertz CT molecular complexity index is 619. The van der Waals surface area contributed by atoms with Crippen molar-refractivity contribution < 1.29 is 9.13 Å². The van der Waals surface area contributed by atoms with Crippen molar-refractivity contribution in [3.63, 3.8) is 0 Å². The van der Waals surface area contributed by atoms with Crippen LogP contribution in [-0.4, -0.2) is 41.5 Å². The third kappa shape index (κ3) is 3.20. The van der Waals surface area contributed by atoms with Crippen LogP contribution in [0.15, 0.2) is 30.5 Å². The first-order valence-electron chi connectivity index (χ1n) is 7.77. The van der Waals surface area contributed by atoms with Gasteiger partial charge in [0.25, 0.3) is 0 Å². The van der Waals surface area contributed by atoms with E-state index in [9.17, 15) is 4.39 Å². The summed E-state index contributed by atoms with van der Waals surface area (Å²) in [5.74, 6) is -0.222. The molecule has 1 aliphatic rings. The highest BCUT2D eigenvalue weighted by Gasteiger charge is 2.23. The van der Waals surface area contributed by atoms with Gasteiger partial charge in [0.1, 0.15) is 5.82 Å². The third-order valence-electron chi connectivity index (χ3n) is 3.97. The van der Waals surface area contributed by atoms with Crippen LogP contribution < -0.4 is 0 Å². The van der Waals surface area contributed by atoms with Crippen molar-refractivity contribution in [1.29, 1.82) is 0 Å². The van der Waals surface area contributed by atoms with E-state index in [4.69, 9.17) is 9.84 Å². The van der Waals surface area contributed by atoms with Gasteiger partial charge in [0.2, 0.25) is 0 Å². The van der Waals surface area contributed by atoms with Gasteiger partial charge in [-0.1, -0.05) is 6.92 Å². The molecule has 2 aromatic rings. The maximum atomic E-state index is 13.2. The maximum Gasteiger partial charge on any atom is 0.123 e. The lowest BCUT2D eigenvalue weighted by atomic mass is 10.1. The Morgan fingerprint density at radius 2 is 2.05 bits per heavy atom. The predicted octanol–water partition coefficient (Wildman–Crippen LogP) is 3.10. The van der Waals surface area contributed by atoms with Crippen molar-refractivity contribution in [1.82, 2.24) is 14.7 Å². The summed E-state index contributed by atoms with van der Waals surface area (Å²) in [6, 6.07) is 6.88. The fraction of sp³-hybridized carbons (Fsp3) is 0.471. The van der Waals surface area contributed by atoms with E-state index in [-0.39, 0.29) is 5.82 Å². The Morgan fingerprint density at radius 1 is 1.32 bits per heavy atom. The van der Waals surface area contributed by atoms with Crippen molar-refractivity contribution in [2.24, 2.45) is 0 Å². The predicted molar refractivity (Wildman–Crippen MR) is 84.1 cm³/mol. The van der Waals surface area contributed by atoms with E-state index in [2.05, 4.69) is 25.1 Å². The summed E-state index contributed by atoms with van der Waals surface area (Å²) in [6.45, 7) is 5.49. The van der Waals surface area contributed by atoms with Crippen molar-refractivity contribution >= 4 is 0 Å². The van der Waals surface area contributed by atoms with Gasteiger partial charge in [-0.2, -0.15) is 5.10 Å². The first-order chi connectivity index (χ1) is 10.7. The van der Waals surface area contributed by atoms with Crippen LogP contribution in [0.3, 0.4) is 0 Å². The zero-order chi connectivity index (χ0) is 15.5. The largest absolute Gasteiger partial charge is 0.377 e. The average Bonchev–Trinajstić information content (AvgIpc) is 2.81. The molecule has 0 saturated carbocycles. The number of rotatable bonds is 6. The van der Waals surface area contributed by atoms with Crippen molar-refractivity contribution in [3.05, 3.63) is 41.8 Å². The van der Waals surface area contributed by atoms with Crippen LogP contribution in [0.4, 0.5) is 4.39 Å². The van der Waals surface area contributed by atoms with Gasteiger partial charge in [-0.05, 0) is 44.3 Å². The molecule has 5 heteroatoms. The fourth-order valence-electron chi connectivity index (χ4n) is 2.71. The second-order valence-corrected chi connectivity index (χ2v) is 5.92. The molecule has 1 aliphatic heterocycles. The third-order valence-corrected chi connectivity index (χ3v) is 3.97. The molecule has 1 aromatic heterocycles. The van der Waals surface area contributed by atoms with Crippen LogP contribution in [0.1, 0.15) is 24.9 Å². The van der Waals surface area contributed by atoms with Crippen LogP contribution in [0, 0.1) is 5.82 Å². The Labute approximate surface area is 130 Å². The molecule has 118 valence electrons. The lowest BCUT2D eigenvalue weighted by Crippen LogP contribution is -2.31. The summed E-state index contributed by atoms with van der Waals surface area (Å²) in [7, 11) is 2.11. The summed E-state index contributed by atoms with van der Waals surface area (Å²) < 4.78 is 20.4. The molecule has 0 bridgehead atoms. The number of halogens is 1. The number of benzene rings is 1. The number of hydrogen-bond donors (Lipinski definition) is 0. The SMILES string of the molecule is CCCN(C)Cc1cn(C2COC2)nc1-c1ccc(F)cc1. The maximum absolute atomic E-state index is 13.2. The van der Waals surface area contributed by atoms with E-state index in [1.165, 1.54) is 17.7 Å². The van der Waals surface area contributed by atoms with Gasteiger partial charge in [-0.3, -0.25) is 4.68 Å². The Hall–Kier alpha value is -1.72. The highest BCUT2D eigenvalue weighted by Crippen LogP contribution is 2.26. The van der Waals surface area contributed by atoms with E-state index < -0.39 is 0 Å². The molecule has 0 unspecified atom stereocenters. The minimum Gasteiger partial charge on any atom is -0.377 e. The summed E-state index contributed by atoms with van der Waals surface area (Å²) in [5, 5.41) is 4.73. The van der Waals surface area contributed by atoms with Crippen LogP contribution in [-0.2, 0) is 11.3 Å². The quantitative estimate of drug-likeness (QED) is 0.821. The zero-order valence-corrected chi connectivity index (χ0v) is 13.1. The molecule has 0 aliphatic carbocycles. The average molecular weight is 303 g/mol. The van der Waals surface area contributed by atoms with Crippen molar-refractivity contribution in [3.8, 4) is 11.3 Å². The van der Waals surface area contributed by atoms with E-state index >= 15 is 0 Å². The fourth-order valence-corrected chi connectivity index (χ4v) is 2.71. The monoisotopic (exact) mass is 303 g/mol. The lowest BCUT2D eigenvalue weighted by molar-refractivity contribution is -0.0286. The van der Waals surface area contributed by atoms with Gasteiger partial charge in [0, 0.05) is 23.9 Å². The smallest absolute Gasteiger partial charge is 0.123 e. The minimum absolute atomic E-state index is 0.222. The van der Waals surface area contributed by atoms with Gasteiger partial charge >= 0.3 is 0 Å². The van der Waals surface area contributed by atoms with Gasteiger partial charge in [0.15, 0.2) is 0 Å². The molecule has 3 rings (SSSR count). The van der Waals surface area contributed by atoms with Gasteiger partial charge < -0.3 is 9.64 Å². The molecule has 1 aromatic carbocycles. The summed E-state index contributed by atoms with van der Waals surface area (Å²) >= 11 is 0. The number of ether oxygens (including phenoxy) is 1. The normalized spacial score (nSPS) is 15.3. The van der Waals surface area contributed by atoms with E-state index in [0.717, 1.165) is 44.0 Å². The summed E-state index contributed by atoms with van der Waals surface area (Å²) in [5.41, 5.74) is 3.07. The first kappa shape index (κ1) is 15.2. The van der Waals surface area contributed by atoms with E-state index in [1.54, 1.807) is 12.1 Å². The molecule has 0 radical (unpaired) electrons. The molecule has 1 fully saturated rings. The Kier molecular flexibility index (Phi) is 4.55. The van der Waals surface area contributed by atoms with Gasteiger partial charge in [-0.15, -0.1) is 0 Å². The molecule has 0 atom stereocenters. The number of hydrogen-bond acceptors (Lipinski definition) is 3. The first-order valence-corrected chi connectivity index (χ1v) is 7.77. The second kappa shape index (κ2) is 6.58. The number of aromatic nitrogens is 2. The molecule has 0 spiro atoms. The van der Waals surface area contributed by atoms with E-state index in [1.807, 2.05) is 4.68 Å². The van der Waals surface area contributed by atoms with Crippen LogP contribution in [0.5, 0.6) is 0 Å². The number of nitrogens with zero attached hydrogens (tertiary/aromatic N) is 3. The molecule has 22 heavy (non-hydrogen) atoms. The van der Waals surface area contributed by atoms with Crippen LogP contribution in [0.25, 0.3) is 11.3 Å². The molecule has 1 saturated heterocycles. The van der Waals surface area contributed by atoms with Crippen LogP contribution in [0.2, 0.25) is 0 Å². The van der Waals surface area contributed by atoms with Gasteiger partial charge in [0.05, 0.1) is 24.9 Å². The summed E-state index contributed by atoms with van der Waals surface area (Å²) in [6.07, 6.45) is 3.23. The Morgan fingerprint density at radius 3 is 2.64 bits per heavy atom. The molecule has 0 amide bonds. The van der Waals surface area contributed by atoms with E-state index in [0.29, 0.717) is 6.04 Å². The lowest BCUT2D eigenvalue weighted by Gasteiger charge is -2.26. The summed E-state index contributed by atoms with van der Waals surface area (Å²) in [4.78, 5) is 2.28. The standard InChI is InChI=1S/C17H22FN3O/c1-3-8-20(2)9-14-10-21(16-11-22-12-16)19-17(14)13-4-6-15(18)7-5-13/h4-7,10,16H,3,8-9,11-12H2,1-2H3. The van der Waals surface area contributed by atoms with Crippen molar-refractivity contribution in [2.75, 3.05) is 26.8 Å². The highest BCUT2D eigenvalue weighted by molar-refractivity contribution is 5.62. The zero-order valence-electron chi connectivity index (χ0n) is 13.1. The minimum atomic E-state index is -0.222. The van der Waals surface area contributed by atoms with Crippen molar-refractivity contribution in [2.45, 2.75) is 25.9 Å². The van der Waals surface area contributed by atoms with Gasteiger partial charge in [-0.25, -0.2) is 4.39 Å². The highest BCUT2D eigenvalue weighted by atomic mass is 19.1. The molecule has 4 nitrogen and oxygen atoms in total. The molecular weight excluding hydrogens is 281 g/mol. The Balaban J connectivity index is 1.91. The molecule has 0 N–H and O–H groups in total. The second-order valence-electron chi connectivity index (χ2n) is 5.92. The van der Waals surface area contributed by atoms with Crippen LogP contribution >= 0.6 is 0 Å².